The molecule has 0 aliphatic carbocycles. The van der Waals surface area contributed by atoms with Crippen LogP contribution >= 0.6 is 0 Å². The summed E-state index contributed by atoms with van der Waals surface area (Å²) in [5.74, 6) is -1.42. The summed E-state index contributed by atoms with van der Waals surface area (Å²) in [7, 11) is 0. The summed E-state index contributed by atoms with van der Waals surface area (Å²) in [6.07, 6.45) is 4.89. The number of nitriles is 1. The highest BCUT2D eigenvalue weighted by atomic mass is 16.5. The molecule has 0 aromatic heterocycles. The Balaban J connectivity index is 4.62. The fourth-order valence-corrected chi connectivity index (χ4v) is 1.58. The zero-order valence-corrected chi connectivity index (χ0v) is 11.0. The van der Waals surface area contributed by atoms with E-state index in [0.717, 1.165) is 0 Å². The van der Waals surface area contributed by atoms with E-state index in [0.29, 0.717) is 13.0 Å². The highest BCUT2D eigenvalue weighted by Crippen LogP contribution is 2.19. The minimum Gasteiger partial charge on any atom is -0.466 e. The first kappa shape index (κ1) is 16.4. The number of esters is 1. The van der Waals surface area contributed by atoms with Crippen LogP contribution in [0.15, 0.2) is 24.8 Å². The number of allylic oxidation sites excluding steroid dienone is 2. The third kappa shape index (κ3) is 5.65. The average Bonchev–Trinajstić information content (AvgIpc) is 2.36. The predicted molar refractivity (Wildman–Crippen MR) is 69.5 cm³/mol. The third-order valence-electron chi connectivity index (χ3n) is 2.62. The van der Waals surface area contributed by atoms with Crippen molar-refractivity contribution in [1.82, 2.24) is 0 Å². The molecule has 0 bridgehead atoms. The molecule has 4 nitrogen and oxygen atoms in total. The van der Waals surface area contributed by atoms with E-state index < -0.39 is 17.9 Å². The van der Waals surface area contributed by atoms with E-state index >= 15 is 0 Å². The molecule has 0 heterocycles. The molecule has 0 aromatic carbocycles. The summed E-state index contributed by atoms with van der Waals surface area (Å²) >= 11 is 0. The van der Waals surface area contributed by atoms with Gasteiger partial charge in [0.05, 0.1) is 30.6 Å². The molecule has 0 aliphatic heterocycles. The van der Waals surface area contributed by atoms with Crippen molar-refractivity contribution in [1.29, 1.82) is 5.26 Å². The second-order valence-corrected chi connectivity index (χ2v) is 3.95. The highest BCUT2D eigenvalue weighted by molar-refractivity contribution is 5.72. The maximum absolute atomic E-state index is 11.7. The van der Waals surface area contributed by atoms with Crippen LogP contribution in [0.25, 0.3) is 0 Å². The number of carbonyl (C=O) groups is 1. The van der Waals surface area contributed by atoms with Crippen LogP contribution in [0.1, 0.15) is 26.7 Å². The quantitative estimate of drug-likeness (QED) is 0.530. The van der Waals surface area contributed by atoms with Crippen molar-refractivity contribution in [2.24, 2.45) is 11.8 Å². The van der Waals surface area contributed by atoms with Gasteiger partial charge in [0.2, 0.25) is 0 Å². The Hall–Kier alpha value is -1.60. The minimum atomic E-state index is -0.896. The number of aliphatic hydroxyl groups is 1. The molecule has 4 heteroatoms. The molecule has 0 fully saturated rings. The zero-order chi connectivity index (χ0) is 14.0. The van der Waals surface area contributed by atoms with E-state index in [1.807, 2.05) is 25.1 Å². The molecule has 100 valence electrons. The van der Waals surface area contributed by atoms with Crippen LogP contribution in [0.2, 0.25) is 0 Å². The smallest absolute Gasteiger partial charge is 0.309 e. The van der Waals surface area contributed by atoms with Crippen LogP contribution in [0.3, 0.4) is 0 Å². The Labute approximate surface area is 109 Å². The van der Waals surface area contributed by atoms with Crippen LogP contribution in [0, 0.1) is 23.2 Å². The molecule has 0 amide bonds. The lowest BCUT2D eigenvalue weighted by molar-refractivity contribution is -0.149. The lowest BCUT2D eigenvalue weighted by atomic mass is 9.91. The summed E-state index contributed by atoms with van der Waals surface area (Å²) < 4.78 is 4.96. The Morgan fingerprint density at radius 1 is 1.61 bits per heavy atom. The lowest BCUT2D eigenvalue weighted by Gasteiger charge is -2.19. The molecule has 0 spiro atoms. The first-order chi connectivity index (χ1) is 8.60. The van der Waals surface area contributed by atoms with Gasteiger partial charge in [-0.1, -0.05) is 18.2 Å². The summed E-state index contributed by atoms with van der Waals surface area (Å²) in [4.78, 5) is 11.7. The van der Waals surface area contributed by atoms with Gasteiger partial charge in [0.1, 0.15) is 0 Å². The molecule has 0 radical (unpaired) electrons. The van der Waals surface area contributed by atoms with Gasteiger partial charge in [0.15, 0.2) is 0 Å². The van der Waals surface area contributed by atoms with Gasteiger partial charge in [-0.2, -0.15) is 5.26 Å². The van der Waals surface area contributed by atoms with Crippen molar-refractivity contribution >= 4 is 5.97 Å². The number of rotatable bonds is 8. The van der Waals surface area contributed by atoms with E-state index in [2.05, 4.69) is 6.58 Å². The van der Waals surface area contributed by atoms with Gasteiger partial charge in [0.25, 0.3) is 0 Å². The average molecular weight is 251 g/mol. The third-order valence-corrected chi connectivity index (χ3v) is 2.62. The maximum Gasteiger partial charge on any atom is 0.309 e. The molecular formula is C14H21NO3. The zero-order valence-electron chi connectivity index (χ0n) is 11.0. The van der Waals surface area contributed by atoms with Crippen LogP contribution < -0.4 is 0 Å². The summed E-state index contributed by atoms with van der Waals surface area (Å²) in [6, 6.07) is 1.95. The monoisotopic (exact) mass is 251 g/mol. The molecule has 0 saturated heterocycles. The molecular weight excluding hydrogens is 230 g/mol. The maximum atomic E-state index is 11.7. The van der Waals surface area contributed by atoms with Crippen molar-refractivity contribution in [2.45, 2.75) is 32.8 Å². The lowest BCUT2D eigenvalue weighted by Crippen LogP contribution is -2.26. The minimum absolute atomic E-state index is 0.202. The molecule has 1 N–H and O–H groups in total. The largest absolute Gasteiger partial charge is 0.466 e. The van der Waals surface area contributed by atoms with Crippen molar-refractivity contribution in [3.8, 4) is 6.07 Å². The summed E-state index contributed by atoms with van der Waals surface area (Å²) in [5, 5.41) is 18.7. The number of ether oxygens (including phenoxy) is 1. The number of carbonyl (C=O) groups excluding carboxylic acids is 1. The predicted octanol–water partition coefficient (Wildman–Crippen LogP) is 2.21. The first-order valence-electron chi connectivity index (χ1n) is 6.08. The Morgan fingerprint density at radius 2 is 2.28 bits per heavy atom. The second kappa shape index (κ2) is 9.43. The summed E-state index contributed by atoms with van der Waals surface area (Å²) in [6.45, 7) is 7.40. The normalized spacial score (nSPS) is 15.7. The number of nitrogens with zero attached hydrogens (tertiary/aromatic N) is 1. The Bertz CT molecular complexity index is 330. The van der Waals surface area contributed by atoms with Gasteiger partial charge >= 0.3 is 5.97 Å². The van der Waals surface area contributed by atoms with Crippen molar-refractivity contribution in [3.05, 3.63) is 24.8 Å². The molecule has 0 aromatic rings. The summed E-state index contributed by atoms with van der Waals surface area (Å²) in [5.41, 5.74) is 0. The van der Waals surface area contributed by atoms with E-state index in [1.54, 1.807) is 6.92 Å². The number of hydrogen-bond donors (Lipinski definition) is 1. The first-order valence-corrected chi connectivity index (χ1v) is 6.08. The van der Waals surface area contributed by atoms with E-state index in [9.17, 15) is 9.90 Å². The molecule has 0 saturated carbocycles. The SMILES string of the molecule is C=CC(C#N)C(O)CC(C/C=C/C)C(=O)OCC. The van der Waals surface area contributed by atoms with Crippen LogP contribution in [0.5, 0.6) is 0 Å². The Kier molecular flexibility index (Phi) is 8.59. The number of hydrogen-bond acceptors (Lipinski definition) is 4. The van der Waals surface area contributed by atoms with Gasteiger partial charge in [-0.25, -0.2) is 0 Å². The molecule has 3 unspecified atom stereocenters. The van der Waals surface area contributed by atoms with Crippen LogP contribution in [-0.4, -0.2) is 23.8 Å². The standard InChI is InChI=1S/C14H21NO3/c1-4-7-8-12(14(17)18-6-3)9-13(16)11(5-2)10-15/h4-5,7,11-13,16H,2,6,8-9H2,1,3H3/b7-4+. The van der Waals surface area contributed by atoms with Gasteiger partial charge in [0, 0.05) is 0 Å². The van der Waals surface area contributed by atoms with E-state index in [4.69, 9.17) is 10.00 Å². The Morgan fingerprint density at radius 3 is 2.72 bits per heavy atom. The van der Waals surface area contributed by atoms with Crippen LogP contribution in [-0.2, 0) is 9.53 Å². The van der Waals surface area contributed by atoms with Crippen molar-refractivity contribution in [3.63, 3.8) is 0 Å². The molecule has 18 heavy (non-hydrogen) atoms. The van der Waals surface area contributed by atoms with Gasteiger partial charge in [-0.3, -0.25) is 4.79 Å². The van der Waals surface area contributed by atoms with Crippen molar-refractivity contribution in [2.75, 3.05) is 6.61 Å². The van der Waals surface area contributed by atoms with Gasteiger partial charge in [-0.15, -0.1) is 6.58 Å². The molecule has 0 rings (SSSR count). The molecule has 0 aliphatic rings. The fraction of sp³-hybridized carbons (Fsp3) is 0.571. The molecule has 3 atom stereocenters. The highest BCUT2D eigenvalue weighted by Gasteiger charge is 2.25. The second-order valence-electron chi connectivity index (χ2n) is 3.95. The van der Waals surface area contributed by atoms with E-state index in [1.165, 1.54) is 6.08 Å². The fourth-order valence-electron chi connectivity index (χ4n) is 1.58. The van der Waals surface area contributed by atoms with Crippen LogP contribution in [0.4, 0.5) is 0 Å². The van der Waals surface area contributed by atoms with E-state index in [-0.39, 0.29) is 12.4 Å². The van der Waals surface area contributed by atoms with Gasteiger partial charge < -0.3 is 9.84 Å². The van der Waals surface area contributed by atoms with Gasteiger partial charge in [-0.05, 0) is 26.7 Å². The number of aliphatic hydroxyl groups excluding tert-OH is 1. The van der Waals surface area contributed by atoms with Crippen molar-refractivity contribution < 1.29 is 14.6 Å². The topological polar surface area (TPSA) is 70.3 Å².